The zero-order valence-corrected chi connectivity index (χ0v) is 12.2. The van der Waals surface area contributed by atoms with E-state index < -0.39 is 10.0 Å². The molecule has 0 radical (unpaired) electrons. The highest BCUT2D eigenvalue weighted by atomic mass is 32.2. The molecule has 0 spiro atoms. The minimum Gasteiger partial charge on any atom is -0.238 e. The number of hydrogen-bond donors (Lipinski definition) is 0. The van der Waals surface area contributed by atoms with E-state index in [1.807, 2.05) is 17.5 Å². The highest BCUT2D eigenvalue weighted by Crippen LogP contribution is 2.22. The molecule has 0 bridgehead atoms. The fraction of sp³-hybridized carbons (Fsp3) is 0. The molecule has 0 aliphatic heterocycles. The molecule has 3 aromatic rings. The predicted octanol–water partition coefficient (Wildman–Crippen LogP) is 2.79. The van der Waals surface area contributed by atoms with Gasteiger partial charge in [-0.3, -0.25) is 0 Å². The molecule has 0 amide bonds. The molecule has 3 rings (SSSR count). The summed E-state index contributed by atoms with van der Waals surface area (Å²) in [6.45, 7) is 6.87. The summed E-state index contributed by atoms with van der Waals surface area (Å²) < 4.78 is 25.6. The van der Waals surface area contributed by atoms with Crippen molar-refractivity contribution in [1.82, 2.24) is 14.2 Å². The van der Waals surface area contributed by atoms with Gasteiger partial charge in [-0.25, -0.2) is 9.83 Å². The van der Waals surface area contributed by atoms with E-state index in [2.05, 4.69) is 14.9 Å². The number of nitrogens with zero attached hydrogens (tertiary/aromatic N) is 4. The van der Waals surface area contributed by atoms with Crippen LogP contribution in [-0.4, -0.2) is 22.6 Å². The molecule has 0 unspecified atom stereocenters. The van der Waals surface area contributed by atoms with Gasteiger partial charge in [-0.2, -0.15) is 8.42 Å². The molecule has 2 heterocycles. The Hall–Kier alpha value is -2.50. The predicted molar refractivity (Wildman–Crippen MR) is 78.6 cm³/mol. The fourth-order valence-electron chi connectivity index (χ4n) is 1.68. The van der Waals surface area contributed by atoms with Crippen molar-refractivity contribution in [2.75, 3.05) is 0 Å². The average Bonchev–Trinajstić information content (AvgIpc) is 3.18. The molecule has 21 heavy (non-hydrogen) atoms. The van der Waals surface area contributed by atoms with E-state index in [-0.39, 0.29) is 4.90 Å². The number of benzene rings is 1. The number of thiophene rings is 1. The molecule has 6 nitrogen and oxygen atoms in total. The number of rotatable bonds is 3. The summed E-state index contributed by atoms with van der Waals surface area (Å²) in [6, 6.07) is 9.35. The van der Waals surface area contributed by atoms with Crippen LogP contribution >= 0.6 is 11.3 Å². The van der Waals surface area contributed by atoms with Crippen molar-refractivity contribution >= 4 is 27.0 Å². The molecule has 0 aliphatic carbocycles. The standard InChI is InChI=1S/C13H8N4O2S2/c1-14-10-4-6-11(7-5-10)21(18,19)17-9-15-13(16-17)12-3-2-8-20-12/h2-9H. The van der Waals surface area contributed by atoms with Crippen molar-refractivity contribution < 1.29 is 8.42 Å². The Bertz CT molecular complexity index is 904. The minimum atomic E-state index is -3.79. The summed E-state index contributed by atoms with van der Waals surface area (Å²) in [4.78, 5) is 8.11. The summed E-state index contributed by atoms with van der Waals surface area (Å²) >= 11 is 1.43. The molecule has 0 aliphatic rings. The first kappa shape index (κ1) is 13.5. The molecule has 0 saturated carbocycles. The third-order valence-corrected chi connectivity index (χ3v) is 5.13. The molecule has 104 valence electrons. The Kier molecular flexibility index (Phi) is 3.29. The molecule has 2 aromatic heterocycles. The van der Waals surface area contributed by atoms with Gasteiger partial charge in [-0.1, -0.05) is 30.3 Å². The second kappa shape index (κ2) is 5.12. The van der Waals surface area contributed by atoms with E-state index >= 15 is 0 Å². The Morgan fingerprint density at radius 2 is 1.95 bits per heavy atom. The SMILES string of the molecule is [C-]#[N+]c1ccc(S(=O)(=O)n2cnc(-c3cccs3)n2)cc1. The zero-order valence-electron chi connectivity index (χ0n) is 10.5. The first-order valence-corrected chi connectivity index (χ1v) is 8.12. The van der Waals surface area contributed by atoms with Gasteiger partial charge in [0, 0.05) is 0 Å². The maximum Gasteiger partial charge on any atom is 0.284 e. The maximum atomic E-state index is 12.4. The number of aromatic nitrogens is 3. The Morgan fingerprint density at radius 1 is 1.19 bits per heavy atom. The largest absolute Gasteiger partial charge is 0.284 e. The van der Waals surface area contributed by atoms with Gasteiger partial charge < -0.3 is 0 Å². The Morgan fingerprint density at radius 3 is 2.57 bits per heavy atom. The Balaban J connectivity index is 2.00. The first-order valence-electron chi connectivity index (χ1n) is 5.80. The van der Waals surface area contributed by atoms with Crippen LogP contribution in [0.2, 0.25) is 0 Å². The highest BCUT2D eigenvalue weighted by Gasteiger charge is 2.19. The van der Waals surface area contributed by atoms with Crippen molar-refractivity contribution in [3.8, 4) is 10.7 Å². The lowest BCUT2D eigenvalue weighted by molar-refractivity contribution is 0.580. The summed E-state index contributed by atoms with van der Waals surface area (Å²) in [5, 5.41) is 5.88. The topological polar surface area (TPSA) is 69.2 Å². The van der Waals surface area contributed by atoms with Crippen LogP contribution in [-0.2, 0) is 10.0 Å². The van der Waals surface area contributed by atoms with Crippen molar-refractivity contribution in [2.24, 2.45) is 0 Å². The highest BCUT2D eigenvalue weighted by molar-refractivity contribution is 7.89. The van der Waals surface area contributed by atoms with Gasteiger partial charge in [-0.05, 0) is 11.4 Å². The van der Waals surface area contributed by atoms with Crippen molar-refractivity contribution in [2.45, 2.75) is 4.90 Å². The molecule has 0 atom stereocenters. The van der Waals surface area contributed by atoms with Crippen molar-refractivity contribution in [3.63, 3.8) is 0 Å². The lowest BCUT2D eigenvalue weighted by Crippen LogP contribution is -2.13. The van der Waals surface area contributed by atoms with Crippen molar-refractivity contribution in [1.29, 1.82) is 0 Å². The molecular formula is C13H8N4O2S2. The van der Waals surface area contributed by atoms with Gasteiger partial charge in [-0.15, -0.1) is 20.5 Å². The van der Waals surface area contributed by atoms with Gasteiger partial charge >= 0.3 is 0 Å². The van der Waals surface area contributed by atoms with E-state index in [4.69, 9.17) is 6.57 Å². The lowest BCUT2D eigenvalue weighted by Gasteiger charge is -2.03. The third-order valence-electron chi connectivity index (χ3n) is 2.72. The smallest absolute Gasteiger partial charge is 0.238 e. The van der Waals surface area contributed by atoms with Gasteiger partial charge in [0.25, 0.3) is 10.0 Å². The molecule has 8 heteroatoms. The molecular weight excluding hydrogens is 308 g/mol. The van der Waals surface area contributed by atoms with Crippen LogP contribution in [0.25, 0.3) is 15.5 Å². The van der Waals surface area contributed by atoms with Gasteiger partial charge in [0.2, 0.25) is 0 Å². The number of hydrogen-bond acceptors (Lipinski definition) is 5. The Labute approximate surface area is 125 Å². The second-order valence-corrected chi connectivity index (χ2v) is 6.77. The van der Waals surface area contributed by atoms with E-state index in [9.17, 15) is 8.42 Å². The zero-order chi connectivity index (χ0) is 14.9. The summed E-state index contributed by atoms with van der Waals surface area (Å²) in [5.74, 6) is 0.367. The van der Waals surface area contributed by atoms with Gasteiger partial charge in [0.05, 0.1) is 16.3 Å². The normalized spacial score (nSPS) is 11.2. The van der Waals surface area contributed by atoms with E-state index in [0.29, 0.717) is 11.5 Å². The van der Waals surface area contributed by atoms with E-state index in [0.717, 1.165) is 8.96 Å². The summed E-state index contributed by atoms with van der Waals surface area (Å²) in [7, 11) is -3.79. The first-order chi connectivity index (χ1) is 10.1. The van der Waals surface area contributed by atoms with Crippen LogP contribution in [0, 0.1) is 6.57 Å². The van der Waals surface area contributed by atoms with Crippen LogP contribution in [0.4, 0.5) is 5.69 Å². The van der Waals surface area contributed by atoms with E-state index in [1.54, 1.807) is 0 Å². The molecule has 0 N–H and O–H groups in total. The second-order valence-electron chi connectivity index (χ2n) is 4.03. The quantitative estimate of drug-likeness (QED) is 0.697. The molecule has 0 fully saturated rings. The van der Waals surface area contributed by atoms with Gasteiger partial charge in [0.1, 0.15) is 6.33 Å². The van der Waals surface area contributed by atoms with Gasteiger partial charge in [0.15, 0.2) is 11.5 Å². The average molecular weight is 316 g/mol. The van der Waals surface area contributed by atoms with Crippen molar-refractivity contribution in [3.05, 3.63) is 59.5 Å². The maximum absolute atomic E-state index is 12.4. The van der Waals surface area contributed by atoms with Crippen LogP contribution in [0.1, 0.15) is 0 Å². The van der Waals surface area contributed by atoms with Crippen LogP contribution in [0.3, 0.4) is 0 Å². The monoisotopic (exact) mass is 316 g/mol. The van der Waals surface area contributed by atoms with Crippen LogP contribution in [0.5, 0.6) is 0 Å². The van der Waals surface area contributed by atoms with Crippen LogP contribution < -0.4 is 0 Å². The summed E-state index contributed by atoms with van der Waals surface area (Å²) in [6.07, 6.45) is 1.17. The molecule has 1 aromatic carbocycles. The molecule has 0 saturated heterocycles. The minimum absolute atomic E-state index is 0.0672. The third kappa shape index (κ3) is 2.44. The summed E-state index contributed by atoms with van der Waals surface area (Å²) in [5.41, 5.74) is 0.381. The fourth-order valence-corrected chi connectivity index (χ4v) is 3.40. The lowest BCUT2D eigenvalue weighted by atomic mass is 10.3. The van der Waals surface area contributed by atoms with Crippen LogP contribution in [0.15, 0.2) is 53.0 Å². The van der Waals surface area contributed by atoms with E-state index in [1.165, 1.54) is 41.9 Å².